The van der Waals surface area contributed by atoms with Crippen LogP contribution in [0.5, 0.6) is 0 Å². The Balaban J connectivity index is 3.47. The summed E-state index contributed by atoms with van der Waals surface area (Å²) in [5.41, 5.74) is 3.02. The summed E-state index contributed by atoms with van der Waals surface area (Å²) in [5.74, 6) is 0. The van der Waals surface area contributed by atoms with E-state index in [0.29, 0.717) is 0 Å². The lowest BCUT2D eigenvalue weighted by Crippen LogP contribution is -2.19. The van der Waals surface area contributed by atoms with Gasteiger partial charge in [-0.05, 0) is 43.4 Å². The van der Waals surface area contributed by atoms with Gasteiger partial charge in [0.1, 0.15) is 0 Å². The number of rotatable bonds is 8. The number of hydrogen-bond donors (Lipinski definition) is 0. The molecule has 1 aromatic rings. The van der Waals surface area contributed by atoms with Gasteiger partial charge in [-0.1, -0.05) is 68.3 Å². The van der Waals surface area contributed by atoms with Gasteiger partial charge in [-0.15, -0.1) is 0 Å². The molecule has 0 fully saturated rings. The highest BCUT2D eigenvalue weighted by Crippen LogP contribution is 2.26. The van der Waals surface area contributed by atoms with Gasteiger partial charge in [-0.25, -0.2) is 0 Å². The van der Waals surface area contributed by atoms with E-state index in [0.717, 1.165) is 17.1 Å². The summed E-state index contributed by atoms with van der Waals surface area (Å²) < 4.78 is 0. The first-order chi connectivity index (χ1) is 10.8. The Hall–Kier alpha value is -2.80. The quantitative estimate of drug-likeness (QED) is 0.534. The van der Waals surface area contributed by atoms with Crippen LogP contribution in [0.2, 0.25) is 0 Å². The first kappa shape index (κ1) is 17.3. The summed E-state index contributed by atoms with van der Waals surface area (Å²) >= 11 is 0. The summed E-state index contributed by atoms with van der Waals surface area (Å²) in [4.78, 5) is 2.12. The number of para-hydroxylation sites is 1. The number of hydrogen-bond acceptors (Lipinski definition) is 1. The predicted molar refractivity (Wildman–Crippen MR) is 99.6 cm³/mol. The molecule has 0 aliphatic carbocycles. The number of anilines is 1. The van der Waals surface area contributed by atoms with Crippen molar-refractivity contribution in [3.05, 3.63) is 116 Å². The molecule has 0 bridgehead atoms. The molecule has 0 aliphatic rings. The number of nitrogens with zero attached hydrogens (tertiary/aromatic N) is 1. The average molecular weight is 289 g/mol. The van der Waals surface area contributed by atoms with Gasteiger partial charge >= 0.3 is 0 Å². The third-order valence-electron chi connectivity index (χ3n) is 2.89. The van der Waals surface area contributed by atoms with E-state index in [-0.39, 0.29) is 0 Å². The van der Waals surface area contributed by atoms with Crippen molar-refractivity contribution in [2.24, 2.45) is 0 Å². The van der Waals surface area contributed by atoms with Crippen molar-refractivity contribution in [2.75, 3.05) is 4.90 Å². The highest BCUT2D eigenvalue weighted by Gasteiger charge is 2.12. The molecule has 0 N–H and O–H groups in total. The maximum absolute atomic E-state index is 3.94. The second-order valence-electron chi connectivity index (χ2n) is 4.41. The Bertz CT molecular complexity index is 613. The molecule has 0 atom stereocenters. The lowest BCUT2D eigenvalue weighted by atomic mass is 10.2. The zero-order valence-corrected chi connectivity index (χ0v) is 13.2. The van der Waals surface area contributed by atoms with Gasteiger partial charge in [0.2, 0.25) is 0 Å². The van der Waals surface area contributed by atoms with Gasteiger partial charge in [-0.2, -0.15) is 0 Å². The Labute approximate surface area is 134 Å². The van der Waals surface area contributed by atoms with E-state index in [9.17, 15) is 0 Å². The van der Waals surface area contributed by atoms with E-state index in [2.05, 4.69) is 36.8 Å². The van der Waals surface area contributed by atoms with Crippen LogP contribution in [0.3, 0.4) is 0 Å². The van der Waals surface area contributed by atoms with E-state index in [4.69, 9.17) is 0 Å². The van der Waals surface area contributed by atoms with Crippen LogP contribution in [0, 0.1) is 0 Å². The number of benzene rings is 1. The van der Waals surface area contributed by atoms with Crippen molar-refractivity contribution in [3.63, 3.8) is 0 Å². The van der Waals surface area contributed by atoms with Crippen molar-refractivity contribution in [3.8, 4) is 0 Å². The molecule has 1 heteroatoms. The van der Waals surface area contributed by atoms with Crippen LogP contribution in [-0.2, 0) is 0 Å². The van der Waals surface area contributed by atoms with E-state index in [1.807, 2.05) is 67.7 Å². The lowest BCUT2D eigenvalue weighted by Gasteiger charge is -2.27. The van der Waals surface area contributed by atoms with Crippen LogP contribution in [0.25, 0.3) is 0 Å². The standard InChI is InChI=1S/C21H23N/c1-5-9-15-19(8-4)22(21-17-12-11-13-18-21)20(14-7-3)16-10-6-2/h5-18H,2-4H2,1H3/b9-5-,16-10-,19-15+,20-14+. The van der Waals surface area contributed by atoms with Gasteiger partial charge in [0.05, 0.1) is 0 Å². The summed E-state index contributed by atoms with van der Waals surface area (Å²) in [6.45, 7) is 13.5. The highest BCUT2D eigenvalue weighted by atomic mass is 15.1. The number of allylic oxidation sites excluding steroid dienone is 9. The van der Waals surface area contributed by atoms with Gasteiger partial charge < -0.3 is 4.90 Å². The maximum Gasteiger partial charge on any atom is 0.0461 e. The minimum atomic E-state index is 0.978. The predicted octanol–water partition coefficient (Wildman–Crippen LogP) is 5.95. The largest absolute Gasteiger partial charge is 0.311 e. The molecule has 0 aliphatic heterocycles. The highest BCUT2D eigenvalue weighted by molar-refractivity contribution is 5.63. The van der Waals surface area contributed by atoms with Crippen LogP contribution in [-0.4, -0.2) is 0 Å². The topological polar surface area (TPSA) is 3.24 Å². The van der Waals surface area contributed by atoms with E-state index in [1.165, 1.54) is 0 Å². The molecule has 0 amide bonds. The van der Waals surface area contributed by atoms with E-state index < -0.39 is 0 Å². The smallest absolute Gasteiger partial charge is 0.0461 e. The summed E-state index contributed by atoms with van der Waals surface area (Å²) in [6.07, 6.45) is 17.2. The van der Waals surface area contributed by atoms with Crippen LogP contribution >= 0.6 is 0 Å². The monoisotopic (exact) mass is 289 g/mol. The SMILES string of the molecule is C=C/C=C\C(=C/C=C)N(/C(C=C)=C/C=C\C)c1ccccc1. The molecule has 1 nitrogen and oxygen atoms in total. The molecule has 0 radical (unpaired) electrons. The van der Waals surface area contributed by atoms with Crippen molar-refractivity contribution in [1.82, 2.24) is 0 Å². The normalized spacial score (nSPS) is 12.6. The van der Waals surface area contributed by atoms with Gasteiger partial charge in [0.25, 0.3) is 0 Å². The van der Waals surface area contributed by atoms with Crippen LogP contribution in [0.1, 0.15) is 6.92 Å². The van der Waals surface area contributed by atoms with Gasteiger partial charge in [-0.3, -0.25) is 0 Å². The lowest BCUT2D eigenvalue weighted by molar-refractivity contribution is 1.14. The zero-order chi connectivity index (χ0) is 16.2. The first-order valence-electron chi connectivity index (χ1n) is 7.20. The van der Waals surface area contributed by atoms with Crippen molar-refractivity contribution in [2.45, 2.75) is 6.92 Å². The Morgan fingerprint density at radius 3 is 2.18 bits per heavy atom. The second kappa shape index (κ2) is 10.0. The Morgan fingerprint density at radius 2 is 1.64 bits per heavy atom. The van der Waals surface area contributed by atoms with Crippen LogP contribution in [0.15, 0.2) is 116 Å². The molecule has 0 saturated carbocycles. The second-order valence-corrected chi connectivity index (χ2v) is 4.41. The van der Waals surface area contributed by atoms with Crippen molar-refractivity contribution in [1.29, 1.82) is 0 Å². The van der Waals surface area contributed by atoms with Crippen LogP contribution in [0.4, 0.5) is 5.69 Å². The summed E-state index contributed by atoms with van der Waals surface area (Å²) in [5, 5.41) is 0. The summed E-state index contributed by atoms with van der Waals surface area (Å²) in [7, 11) is 0. The van der Waals surface area contributed by atoms with Gasteiger partial charge in [0, 0.05) is 17.1 Å². The Morgan fingerprint density at radius 1 is 0.909 bits per heavy atom. The molecular formula is C21H23N. The fourth-order valence-corrected chi connectivity index (χ4v) is 1.94. The van der Waals surface area contributed by atoms with Crippen LogP contribution < -0.4 is 4.90 Å². The molecular weight excluding hydrogens is 266 g/mol. The zero-order valence-electron chi connectivity index (χ0n) is 13.2. The molecule has 112 valence electrons. The molecule has 0 spiro atoms. The minimum absolute atomic E-state index is 0.978. The van der Waals surface area contributed by atoms with Gasteiger partial charge in [0.15, 0.2) is 0 Å². The van der Waals surface area contributed by atoms with E-state index >= 15 is 0 Å². The molecule has 22 heavy (non-hydrogen) atoms. The maximum atomic E-state index is 3.94. The average Bonchev–Trinajstić information content (AvgIpc) is 2.56. The fourth-order valence-electron chi connectivity index (χ4n) is 1.94. The fraction of sp³-hybridized carbons (Fsp3) is 0.0476. The molecule has 1 rings (SSSR count). The molecule has 0 aromatic heterocycles. The Kier molecular flexibility index (Phi) is 7.84. The van der Waals surface area contributed by atoms with Crippen molar-refractivity contribution >= 4 is 5.69 Å². The first-order valence-corrected chi connectivity index (χ1v) is 7.20. The van der Waals surface area contributed by atoms with E-state index in [1.54, 1.807) is 12.2 Å². The molecule has 1 aromatic carbocycles. The minimum Gasteiger partial charge on any atom is -0.311 e. The third-order valence-corrected chi connectivity index (χ3v) is 2.89. The van der Waals surface area contributed by atoms with Crippen molar-refractivity contribution < 1.29 is 0 Å². The molecule has 0 heterocycles. The third kappa shape index (κ3) is 4.95. The summed E-state index contributed by atoms with van der Waals surface area (Å²) in [6, 6.07) is 10.2. The molecule has 0 unspecified atom stereocenters. The molecule has 0 saturated heterocycles.